The van der Waals surface area contributed by atoms with E-state index in [1.807, 2.05) is 9.58 Å². The number of cyclic esters (lactones) is 1. The van der Waals surface area contributed by atoms with Gasteiger partial charge in [0.1, 0.15) is 6.61 Å². The Kier molecular flexibility index (Phi) is 5.31. The molecule has 0 bridgehead atoms. The molecule has 3 aliphatic heterocycles. The van der Waals surface area contributed by atoms with Gasteiger partial charge in [-0.3, -0.25) is 14.4 Å². The lowest BCUT2D eigenvalue weighted by molar-refractivity contribution is -0.133. The van der Waals surface area contributed by atoms with Crippen LogP contribution in [0, 0.1) is 0 Å². The number of amides is 2. The second kappa shape index (κ2) is 7.85. The van der Waals surface area contributed by atoms with Crippen molar-refractivity contribution in [3.05, 3.63) is 17.5 Å². The molecule has 0 saturated carbocycles. The molecule has 1 aromatic heterocycles. The normalized spacial score (nSPS) is 21.4. The minimum Gasteiger partial charge on any atom is -0.448 e. The lowest BCUT2D eigenvalue weighted by Gasteiger charge is -2.35. The maximum Gasteiger partial charge on any atom is 0.410 e. The molecule has 2 amide bonds. The Morgan fingerprint density at radius 2 is 2.04 bits per heavy atom. The molecule has 0 aromatic carbocycles. The summed E-state index contributed by atoms with van der Waals surface area (Å²) in [6, 6.07) is 2.38. The van der Waals surface area contributed by atoms with Crippen LogP contribution in [0.4, 0.5) is 4.79 Å². The number of aromatic nitrogens is 2. The van der Waals surface area contributed by atoms with Crippen LogP contribution in [-0.4, -0.2) is 87.0 Å². The number of aliphatic hydroxyl groups is 1. The predicted molar refractivity (Wildman–Crippen MR) is 95.7 cm³/mol. The zero-order chi connectivity index (χ0) is 18.8. The number of ether oxygens (including phenoxy) is 1. The quantitative estimate of drug-likeness (QED) is 0.778. The van der Waals surface area contributed by atoms with Crippen molar-refractivity contribution in [2.75, 3.05) is 39.4 Å². The molecule has 2 fully saturated rings. The SMILES string of the molecule is O=C(CCO)N1CCn2nc(CN3CCC(N4CCOC4=O)CC3)cc2C1. The number of nitrogens with zero attached hydrogens (tertiary/aromatic N) is 5. The van der Waals surface area contributed by atoms with Crippen LogP contribution in [0.3, 0.4) is 0 Å². The van der Waals surface area contributed by atoms with Crippen LogP contribution in [0.2, 0.25) is 0 Å². The number of likely N-dealkylation sites (tertiary alicyclic amines) is 1. The van der Waals surface area contributed by atoms with E-state index in [1.165, 1.54) is 0 Å². The first kappa shape index (κ1) is 18.2. The van der Waals surface area contributed by atoms with E-state index in [-0.39, 0.29) is 31.1 Å². The fourth-order valence-corrected chi connectivity index (χ4v) is 4.23. The highest BCUT2D eigenvalue weighted by molar-refractivity contribution is 5.76. The zero-order valence-electron chi connectivity index (χ0n) is 15.5. The highest BCUT2D eigenvalue weighted by Crippen LogP contribution is 2.22. The molecule has 1 aromatic rings. The fourth-order valence-electron chi connectivity index (χ4n) is 4.23. The van der Waals surface area contributed by atoms with Crippen LogP contribution < -0.4 is 0 Å². The molecule has 0 aliphatic carbocycles. The summed E-state index contributed by atoms with van der Waals surface area (Å²) in [5.41, 5.74) is 2.08. The summed E-state index contributed by atoms with van der Waals surface area (Å²) in [5, 5.41) is 13.6. The summed E-state index contributed by atoms with van der Waals surface area (Å²) < 4.78 is 7.04. The van der Waals surface area contributed by atoms with Gasteiger partial charge in [-0.05, 0) is 18.9 Å². The van der Waals surface area contributed by atoms with Crippen molar-refractivity contribution in [2.45, 2.75) is 44.9 Å². The summed E-state index contributed by atoms with van der Waals surface area (Å²) >= 11 is 0. The Morgan fingerprint density at radius 1 is 1.22 bits per heavy atom. The van der Waals surface area contributed by atoms with E-state index in [9.17, 15) is 9.59 Å². The maximum absolute atomic E-state index is 12.0. The van der Waals surface area contributed by atoms with Crippen LogP contribution in [-0.2, 0) is 29.2 Å². The maximum atomic E-state index is 12.0. The van der Waals surface area contributed by atoms with Crippen molar-refractivity contribution in [2.24, 2.45) is 0 Å². The highest BCUT2D eigenvalue weighted by Gasteiger charge is 2.32. The second-order valence-corrected chi connectivity index (χ2v) is 7.45. The number of carbonyl (C=O) groups is 2. The van der Waals surface area contributed by atoms with Gasteiger partial charge in [0.15, 0.2) is 0 Å². The van der Waals surface area contributed by atoms with E-state index in [4.69, 9.17) is 14.9 Å². The van der Waals surface area contributed by atoms with Gasteiger partial charge in [-0.15, -0.1) is 0 Å². The molecule has 27 heavy (non-hydrogen) atoms. The van der Waals surface area contributed by atoms with Crippen molar-refractivity contribution in [3.63, 3.8) is 0 Å². The monoisotopic (exact) mass is 377 g/mol. The van der Waals surface area contributed by atoms with Gasteiger partial charge in [-0.1, -0.05) is 0 Å². The number of carbonyl (C=O) groups excluding carboxylic acids is 2. The third-order valence-corrected chi connectivity index (χ3v) is 5.70. The van der Waals surface area contributed by atoms with Gasteiger partial charge in [0, 0.05) is 38.6 Å². The Morgan fingerprint density at radius 3 is 2.74 bits per heavy atom. The number of aliphatic hydroxyl groups excluding tert-OH is 1. The minimum atomic E-state index is -0.171. The molecule has 9 heteroatoms. The van der Waals surface area contributed by atoms with Crippen LogP contribution in [0.5, 0.6) is 0 Å². The molecule has 0 radical (unpaired) electrons. The molecule has 4 rings (SSSR count). The molecular weight excluding hydrogens is 350 g/mol. The molecule has 3 aliphatic rings. The summed E-state index contributed by atoms with van der Waals surface area (Å²) in [5.74, 6) is -0.00554. The molecule has 1 N–H and O–H groups in total. The van der Waals surface area contributed by atoms with Crippen LogP contribution >= 0.6 is 0 Å². The van der Waals surface area contributed by atoms with E-state index in [2.05, 4.69) is 11.0 Å². The minimum absolute atomic E-state index is 0.00554. The molecule has 0 unspecified atom stereocenters. The van der Waals surface area contributed by atoms with Crippen LogP contribution in [0.1, 0.15) is 30.7 Å². The second-order valence-electron chi connectivity index (χ2n) is 7.45. The standard InChI is InChI=1S/C18H27N5O4/c24-9-3-17(25)21-6-7-23-16(13-21)11-14(19-23)12-20-4-1-15(2-5-20)22-8-10-27-18(22)26/h11,15,24H,1-10,12-13H2. The first-order valence-corrected chi connectivity index (χ1v) is 9.74. The molecule has 4 heterocycles. The number of rotatable bonds is 5. The average molecular weight is 377 g/mol. The van der Waals surface area contributed by atoms with Crippen LogP contribution in [0.15, 0.2) is 6.07 Å². The van der Waals surface area contributed by atoms with E-state index in [1.54, 1.807) is 4.90 Å². The van der Waals surface area contributed by atoms with Gasteiger partial charge in [-0.2, -0.15) is 5.10 Å². The first-order valence-electron chi connectivity index (χ1n) is 9.74. The van der Waals surface area contributed by atoms with Gasteiger partial charge in [0.25, 0.3) is 0 Å². The zero-order valence-corrected chi connectivity index (χ0v) is 15.5. The highest BCUT2D eigenvalue weighted by atomic mass is 16.6. The van der Waals surface area contributed by atoms with Gasteiger partial charge in [0.05, 0.1) is 37.6 Å². The molecule has 0 spiro atoms. The third kappa shape index (κ3) is 3.93. The summed E-state index contributed by atoms with van der Waals surface area (Å²) in [4.78, 5) is 29.7. The van der Waals surface area contributed by atoms with Crippen molar-refractivity contribution < 1.29 is 19.4 Å². The van der Waals surface area contributed by atoms with Crippen LogP contribution in [0.25, 0.3) is 0 Å². The lowest BCUT2D eigenvalue weighted by Crippen LogP contribution is -2.45. The molecule has 0 atom stereocenters. The molecular formula is C18H27N5O4. The first-order chi connectivity index (χ1) is 13.1. The number of piperidine rings is 1. The molecule has 148 valence electrons. The summed E-state index contributed by atoms with van der Waals surface area (Å²) in [7, 11) is 0. The van der Waals surface area contributed by atoms with E-state index >= 15 is 0 Å². The van der Waals surface area contributed by atoms with Crippen molar-refractivity contribution >= 4 is 12.0 Å². The van der Waals surface area contributed by atoms with Crippen molar-refractivity contribution in [3.8, 4) is 0 Å². The smallest absolute Gasteiger partial charge is 0.410 e. The largest absolute Gasteiger partial charge is 0.448 e. The van der Waals surface area contributed by atoms with Crippen molar-refractivity contribution in [1.82, 2.24) is 24.5 Å². The lowest BCUT2D eigenvalue weighted by atomic mass is 10.0. The summed E-state index contributed by atoms with van der Waals surface area (Å²) in [6.45, 7) is 5.70. The Labute approximate surface area is 158 Å². The Hall–Kier alpha value is -2.13. The predicted octanol–water partition coefficient (Wildman–Crippen LogP) is 0.0243. The fraction of sp³-hybridized carbons (Fsp3) is 0.722. The van der Waals surface area contributed by atoms with E-state index < -0.39 is 0 Å². The Balaban J connectivity index is 1.30. The number of hydrogen-bond donors (Lipinski definition) is 1. The Bertz CT molecular complexity index is 698. The molecule has 9 nitrogen and oxygen atoms in total. The van der Waals surface area contributed by atoms with E-state index in [0.29, 0.717) is 32.8 Å². The van der Waals surface area contributed by atoms with E-state index in [0.717, 1.165) is 43.9 Å². The molecule has 2 saturated heterocycles. The number of fused-ring (bicyclic) bond motifs is 1. The van der Waals surface area contributed by atoms with Gasteiger partial charge in [-0.25, -0.2) is 4.79 Å². The topological polar surface area (TPSA) is 91.1 Å². The summed E-state index contributed by atoms with van der Waals surface area (Å²) in [6.07, 6.45) is 1.94. The van der Waals surface area contributed by atoms with Gasteiger partial charge < -0.3 is 19.6 Å². The van der Waals surface area contributed by atoms with Crippen molar-refractivity contribution in [1.29, 1.82) is 0 Å². The third-order valence-electron chi connectivity index (χ3n) is 5.70. The number of hydrogen-bond acceptors (Lipinski definition) is 6. The average Bonchev–Trinajstić information content (AvgIpc) is 3.27. The van der Waals surface area contributed by atoms with Gasteiger partial charge in [0.2, 0.25) is 5.91 Å². The van der Waals surface area contributed by atoms with Gasteiger partial charge >= 0.3 is 6.09 Å².